The number of carbonyl (C=O) groups excluding carboxylic acids is 1. The van der Waals surface area contributed by atoms with E-state index in [-0.39, 0.29) is 22.6 Å². The van der Waals surface area contributed by atoms with Crippen molar-refractivity contribution in [1.29, 1.82) is 0 Å². The van der Waals surface area contributed by atoms with Crippen LogP contribution < -0.4 is 10.1 Å². The van der Waals surface area contributed by atoms with Gasteiger partial charge in [0.15, 0.2) is 0 Å². The van der Waals surface area contributed by atoms with Gasteiger partial charge in [-0.2, -0.15) is 5.10 Å². The standard InChI is InChI=1S/C25H28N4O3/c1-29(2)9-3-4-23(31)27-25-13-24(14-25,15-25)16-32-22-11-18(10-21-20(22)12-26-28-21)17-5-7-19(30)8-6-17/h3-8,10-12,30H,9,13-16H2,1-2H3,(H,26,28)(H,27,31)/b4-3+. The van der Waals surface area contributed by atoms with Crippen molar-refractivity contribution in [3.8, 4) is 22.6 Å². The van der Waals surface area contributed by atoms with Crippen molar-refractivity contribution >= 4 is 16.8 Å². The molecule has 3 N–H and O–H groups in total. The number of phenols is 1. The number of nitrogens with zero attached hydrogens (tertiary/aromatic N) is 2. The minimum absolute atomic E-state index is 0.0113. The summed E-state index contributed by atoms with van der Waals surface area (Å²) in [6, 6.07) is 11.2. The van der Waals surface area contributed by atoms with Crippen LogP contribution in [0.4, 0.5) is 0 Å². The van der Waals surface area contributed by atoms with Gasteiger partial charge in [0.1, 0.15) is 11.5 Å². The molecule has 0 saturated heterocycles. The van der Waals surface area contributed by atoms with E-state index in [2.05, 4.69) is 15.5 Å². The lowest BCUT2D eigenvalue weighted by atomic mass is 9.39. The summed E-state index contributed by atoms with van der Waals surface area (Å²) in [4.78, 5) is 14.2. The zero-order valence-corrected chi connectivity index (χ0v) is 18.4. The smallest absolute Gasteiger partial charge is 0.244 e. The van der Waals surface area contributed by atoms with Gasteiger partial charge >= 0.3 is 0 Å². The average molecular weight is 433 g/mol. The van der Waals surface area contributed by atoms with Crippen LogP contribution in [0.5, 0.6) is 11.5 Å². The van der Waals surface area contributed by atoms with E-state index < -0.39 is 0 Å². The zero-order chi connectivity index (χ0) is 22.3. The fourth-order valence-electron chi connectivity index (χ4n) is 5.15. The third-order valence-electron chi connectivity index (χ3n) is 6.52. The first kappa shape index (κ1) is 20.6. The van der Waals surface area contributed by atoms with Crippen molar-refractivity contribution in [3.63, 3.8) is 0 Å². The number of aromatic hydroxyl groups is 1. The molecule has 7 heteroatoms. The summed E-state index contributed by atoms with van der Waals surface area (Å²) in [6.45, 7) is 1.38. The Balaban J connectivity index is 1.23. The Kier molecular flexibility index (Phi) is 4.93. The Morgan fingerprint density at radius 2 is 1.97 bits per heavy atom. The molecule has 0 atom stereocenters. The second-order valence-electron chi connectivity index (χ2n) is 9.61. The molecule has 1 heterocycles. The van der Waals surface area contributed by atoms with Crippen molar-refractivity contribution in [2.24, 2.45) is 5.41 Å². The topological polar surface area (TPSA) is 90.5 Å². The first-order valence-electron chi connectivity index (χ1n) is 10.9. The highest BCUT2D eigenvalue weighted by Crippen LogP contribution is 2.67. The summed E-state index contributed by atoms with van der Waals surface area (Å²) in [5.41, 5.74) is 3.00. The number of ether oxygens (including phenoxy) is 1. The lowest BCUT2D eigenvalue weighted by Gasteiger charge is -2.70. The number of aromatic nitrogens is 2. The van der Waals surface area contributed by atoms with Crippen molar-refractivity contribution in [2.45, 2.75) is 24.8 Å². The Bertz CT molecular complexity index is 1160. The molecule has 6 rings (SSSR count). The number of rotatable bonds is 8. The molecule has 3 saturated carbocycles. The van der Waals surface area contributed by atoms with Crippen LogP contribution in [0.1, 0.15) is 19.3 Å². The van der Waals surface area contributed by atoms with Crippen molar-refractivity contribution < 1.29 is 14.6 Å². The molecule has 1 amide bonds. The molecule has 0 unspecified atom stereocenters. The van der Waals surface area contributed by atoms with Gasteiger partial charge in [-0.25, -0.2) is 0 Å². The van der Waals surface area contributed by atoms with Crippen LogP contribution in [-0.4, -0.2) is 58.9 Å². The fourth-order valence-corrected chi connectivity index (χ4v) is 5.15. The molecular formula is C25H28N4O3. The third kappa shape index (κ3) is 3.84. The van der Waals surface area contributed by atoms with E-state index in [9.17, 15) is 9.90 Å². The first-order chi connectivity index (χ1) is 15.4. The van der Waals surface area contributed by atoms with Crippen LogP contribution in [0.15, 0.2) is 54.7 Å². The predicted octanol–water partition coefficient (Wildman–Crippen LogP) is 3.47. The van der Waals surface area contributed by atoms with Gasteiger partial charge in [0.05, 0.1) is 23.7 Å². The number of phenolic OH excluding ortho intramolecular Hbond substituents is 1. The van der Waals surface area contributed by atoms with Crippen LogP contribution in [0.2, 0.25) is 0 Å². The highest BCUT2D eigenvalue weighted by atomic mass is 16.5. The third-order valence-corrected chi connectivity index (χ3v) is 6.52. The van der Waals surface area contributed by atoms with Crippen molar-refractivity contribution in [2.75, 3.05) is 27.2 Å². The molecule has 3 aliphatic rings. The van der Waals surface area contributed by atoms with Crippen LogP contribution in [-0.2, 0) is 4.79 Å². The molecule has 3 fully saturated rings. The molecule has 2 bridgehead atoms. The maximum atomic E-state index is 12.2. The molecule has 166 valence electrons. The molecule has 0 spiro atoms. The van der Waals surface area contributed by atoms with E-state index in [4.69, 9.17) is 4.74 Å². The minimum atomic E-state index is -0.0538. The summed E-state index contributed by atoms with van der Waals surface area (Å²) in [7, 11) is 3.95. The second-order valence-corrected chi connectivity index (χ2v) is 9.61. The Hall–Kier alpha value is -3.32. The quantitative estimate of drug-likeness (QED) is 0.474. The highest BCUT2D eigenvalue weighted by molar-refractivity contribution is 5.90. The molecule has 3 aromatic rings. The highest BCUT2D eigenvalue weighted by Gasteiger charge is 2.68. The summed E-state index contributed by atoms with van der Waals surface area (Å²) < 4.78 is 6.31. The monoisotopic (exact) mass is 432 g/mol. The van der Waals surface area contributed by atoms with Gasteiger partial charge in [-0.05, 0) is 68.8 Å². The summed E-state index contributed by atoms with van der Waals surface area (Å²) in [6.07, 6.45) is 8.18. The molecule has 7 nitrogen and oxygen atoms in total. The average Bonchev–Trinajstić information content (AvgIpc) is 3.17. The molecule has 32 heavy (non-hydrogen) atoms. The van der Waals surface area contributed by atoms with Crippen LogP contribution in [0.3, 0.4) is 0 Å². The number of benzene rings is 2. The maximum Gasteiger partial charge on any atom is 0.244 e. The number of hydrogen-bond donors (Lipinski definition) is 3. The molecular weight excluding hydrogens is 404 g/mol. The Labute approximate surface area is 187 Å². The van der Waals surface area contributed by atoms with E-state index in [0.717, 1.165) is 53.6 Å². The van der Waals surface area contributed by atoms with Crippen LogP contribution in [0, 0.1) is 5.41 Å². The zero-order valence-electron chi connectivity index (χ0n) is 18.4. The number of fused-ring (bicyclic) bond motifs is 1. The van der Waals surface area contributed by atoms with Gasteiger partial charge in [-0.3, -0.25) is 9.89 Å². The fraction of sp³-hybridized carbons (Fsp3) is 0.360. The molecule has 1 aromatic heterocycles. The normalized spacial score (nSPS) is 23.8. The molecule has 3 aliphatic carbocycles. The van der Waals surface area contributed by atoms with Gasteiger partial charge in [0.2, 0.25) is 5.91 Å². The van der Waals surface area contributed by atoms with E-state index >= 15 is 0 Å². The second kappa shape index (κ2) is 7.67. The van der Waals surface area contributed by atoms with E-state index in [1.54, 1.807) is 24.4 Å². The van der Waals surface area contributed by atoms with Gasteiger partial charge < -0.3 is 20.1 Å². The van der Waals surface area contributed by atoms with Gasteiger partial charge in [-0.1, -0.05) is 18.2 Å². The number of nitrogens with one attached hydrogen (secondary N) is 2. The predicted molar refractivity (Wildman–Crippen MR) is 124 cm³/mol. The molecule has 0 aliphatic heterocycles. The number of H-pyrrole nitrogens is 1. The van der Waals surface area contributed by atoms with Crippen molar-refractivity contribution in [1.82, 2.24) is 20.4 Å². The molecule has 2 aromatic carbocycles. The summed E-state index contributed by atoms with van der Waals surface area (Å²) in [5.74, 6) is 1.03. The maximum absolute atomic E-state index is 12.2. The van der Waals surface area contributed by atoms with Crippen molar-refractivity contribution in [3.05, 3.63) is 54.7 Å². The van der Waals surface area contributed by atoms with E-state index in [0.29, 0.717) is 6.61 Å². The number of amides is 1. The first-order valence-corrected chi connectivity index (χ1v) is 10.9. The Morgan fingerprint density at radius 1 is 1.22 bits per heavy atom. The number of likely N-dealkylation sites (N-methyl/N-ethyl adjacent to an activating group) is 1. The summed E-state index contributed by atoms with van der Waals surface area (Å²) in [5, 5.41) is 20.9. The SMILES string of the molecule is CN(C)C/C=C/C(=O)NC12CC(COc3cc(-c4ccc(O)cc4)cc4[nH]ncc34)(C1)C2. The van der Waals surface area contributed by atoms with Gasteiger partial charge in [-0.15, -0.1) is 0 Å². The largest absolute Gasteiger partial charge is 0.508 e. The minimum Gasteiger partial charge on any atom is -0.508 e. The number of aromatic amines is 1. The lowest BCUT2D eigenvalue weighted by Crippen LogP contribution is -2.76. The molecule has 0 radical (unpaired) electrons. The lowest BCUT2D eigenvalue weighted by molar-refractivity contribution is -0.177. The number of hydrogen-bond acceptors (Lipinski definition) is 5. The number of carbonyl (C=O) groups is 1. The summed E-state index contributed by atoms with van der Waals surface area (Å²) >= 11 is 0. The van der Waals surface area contributed by atoms with Crippen LogP contribution in [0.25, 0.3) is 22.0 Å². The van der Waals surface area contributed by atoms with Gasteiger partial charge in [0, 0.05) is 23.6 Å². The Morgan fingerprint density at radius 3 is 2.69 bits per heavy atom. The van der Waals surface area contributed by atoms with Crippen LogP contribution >= 0.6 is 0 Å². The van der Waals surface area contributed by atoms with E-state index in [1.807, 2.05) is 49.3 Å². The van der Waals surface area contributed by atoms with Gasteiger partial charge in [0.25, 0.3) is 0 Å². The van der Waals surface area contributed by atoms with E-state index in [1.165, 1.54) is 0 Å².